The number of nitrogens with zero attached hydrogens (tertiary/aromatic N) is 3. The molecule has 1 atom stereocenters. The van der Waals surface area contributed by atoms with Gasteiger partial charge in [-0.3, -0.25) is 28.4 Å². The van der Waals surface area contributed by atoms with Gasteiger partial charge in [0.15, 0.2) is 0 Å². The molecular weight excluding hydrogens is 371 g/mol. The van der Waals surface area contributed by atoms with Gasteiger partial charge in [-0.25, -0.2) is 0 Å². The standard InChI is InChI=1S/C9H24N3O8P3/c13-21(14)7-10-1-3-11(8-22(15,16)17)5-6-12(4-2-10)9-23(18,19)20/h21H,1-9H2,(H,13,14)(H2,15,16,17)(H2,18,19,20). The van der Waals surface area contributed by atoms with Gasteiger partial charge in [0.2, 0.25) is 8.03 Å². The third kappa shape index (κ3) is 10.8. The molecule has 0 saturated carbocycles. The fraction of sp³-hybridized carbons (Fsp3) is 1.00. The maximum atomic E-state index is 11.2. The van der Waals surface area contributed by atoms with Crippen LogP contribution in [0.15, 0.2) is 0 Å². The summed E-state index contributed by atoms with van der Waals surface area (Å²) in [5.41, 5.74) is 0. The number of hydrogen-bond donors (Lipinski definition) is 5. The Hall–Kier alpha value is 0.370. The second-order valence-corrected chi connectivity index (χ2v) is 9.85. The van der Waals surface area contributed by atoms with Crippen molar-refractivity contribution in [1.82, 2.24) is 14.7 Å². The van der Waals surface area contributed by atoms with Crippen molar-refractivity contribution in [3.05, 3.63) is 0 Å². The summed E-state index contributed by atoms with van der Waals surface area (Å²) in [5.74, 6) is 0. The van der Waals surface area contributed by atoms with Crippen LogP contribution in [-0.2, 0) is 13.7 Å². The van der Waals surface area contributed by atoms with Crippen molar-refractivity contribution in [2.75, 3.05) is 58.1 Å². The first-order valence-electron chi connectivity index (χ1n) is 6.92. The summed E-state index contributed by atoms with van der Waals surface area (Å²) in [4.78, 5) is 50.1. The topological polar surface area (TPSA) is 162 Å². The van der Waals surface area contributed by atoms with Crippen molar-refractivity contribution in [2.24, 2.45) is 0 Å². The molecule has 1 rings (SSSR count). The molecule has 0 aromatic heterocycles. The largest absolute Gasteiger partial charge is 0.345 e. The van der Waals surface area contributed by atoms with E-state index < -0.39 is 35.8 Å². The zero-order chi connectivity index (χ0) is 17.7. The van der Waals surface area contributed by atoms with Crippen LogP contribution in [0.25, 0.3) is 0 Å². The van der Waals surface area contributed by atoms with E-state index >= 15 is 0 Å². The lowest BCUT2D eigenvalue weighted by molar-refractivity contribution is 0.231. The SMILES string of the molecule is O=[PH](O)CN1CCN(CP(=O)(O)O)CCN(CP(=O)(O)O)CC1. The molecule has 5 N–H and O–H groups in total. The van der Waals surface area contributed by atoms with E-state index in [9.17, 15) is 13.7 Å². The van der Waals surface area contributed by atoms with Gasteiger partial charge in [-0.2, -0.15) is 0 Å². The van der Waals surface area contributed by atoms with Crippen LogP contribution in [0.3, 0.4) is 0 Å². The maximum absolute atomic E-state index is 11.2. The Kier molecular flexibility index (Phi) is 8.54. The van der Waals surface area contributed by atoms with E-state index in [1.165, 1.54) is 9.80 Å². The first kappa shape index (κ1) is 21.4. The Balaban J connectivity index is 2.79. The summed E-state index contributed by atoms with van der Waals surface area (Å²) in [6, 6.07) is 0. The highest BCUT2D eigenvalue weighted by Gasteiger charge is 2.25. The van der Waals surface area contributed by atoms with Gasteiger partial charge in [0.05, 0.1) is 6.29 Å². The third-order valence-electron chi connectivity index (χ3n) is 3.32. The van der Waals surface area contributed by atoms with Crippen LogP contribution < -0.4 is 0 Å². The molecule has 0 aromatic carbocycles. The predicted molar refractivity (Wildman–Crippen MR) is 84.6 cm³/mol. The first-order chi connectivity index (χ1) is 10.4. The van der Waals surface area contributed by atoms with Gasteiger partial charge >= 0.3 is 15.2 Å². The Morgan fingerprint density at radius 1 is 0.739 bits per heavy atom. The van der Waals surface area contributed by atoms with E-state index in [0.717, 1.165) is 0 Å². The van der Waals surface area contributed by atoms with Gasteiger partial charge in [0.25, 0.3) is 0 Å². The minimum Gasteiger partial charge on any atom is -0.345 e. The van der Waals surface area contributed by atoms with Crippen molar-refractivity contribution in [3.8, 4) is 0 Å². The molecule has 1 heterocycles. The number of rotatable bonds is 6. The quantitative estimate of drug-likeness (QED) is 0.336. The van der Waals surface area contributed by atoms with Gasteiger partial charge in [-0.1, -0.05) is 0 Å². The van der Waals surface area contributed by atoms with Crippen molar-refractivity contribution in [3.63, 3.8) is 0 Å². The number of hydrogen-bond acceptors (Lipinski definition) is 6. The summed E-state index contributed by atoms with van der Waals surface area (Å²) in [6.45, 7) is 1.77. The molecule has 0 amide bonds. The first-order valence-corrected chi connectivity index (χ1v) is 12.1. The maximum Gasteiger partial charge on any atom is 0.339 e. The van der Waals surface area contributed by atoms with Crippen LogP contribution in [0.2, 0.25) is 0 Å². The van der Waals surface area contributed by atoms with Crippen molar-refractivity contribution >= 4 is 23.2 Å². The lowest BCUT2D eigenvalue weighted by Gasteiger charge is -2.25. The van der Waals surface area contributed by atoms with E-state index in [-0.39, 0.29) is 19.4 Å². The summed E-state index contributed by atoms with van der Waals surface area (Å²) in [7, 11) is -11.3. The molecule has 1 aliphatic rings. The van der Waals surface area contributed by atoms with E-state index in [1.807, 2.05) is 0 Å². The minimum atomic E-state index is -4.26. The van der Waals surface area contributed by atoms with Crippen molar-refractivity contribution in [1.29, 1.82) is 0 Å². The summed E-state index contributed by atoms with van der Waals surface area (Å²) in [5, 5.41) is 0. The molecule has 1 fully saturated rings. The summed E-state index contributed by atoms with van der Waals surface area (Å²) < 4.78 is 33.4. The van der Waals surface area contributed by atoms with Gasteiger partial charge in [0, 0.05) is 39.3 Å². The monoisotopic (exact) mass is 395 g/mol. The molecule has 0 bridgehead atoms. The van der Waals surface area contributed by atoms with E-state index in [4.69, 9.17) is 24.5 Å². The van der Waals surface area contributed by atoms with Gasteiger partial charge < -0.3 is 24.5 Å². The fourth-order valence-corrected chi connectivity index (χ4v) is 4.64. The molecule has 1 aliphatic heterocycles. The van der Waals surface area contributed by atoms with Crippen LogP contribution in [0.5, 0.6) is 0 Å². The molecule has 0 aromatic rings. The normalized spacial score (nSPS) is 22.3. The Labute approximate surface area is 135 Å². The highest BCUT2D eigenvalue weighted by atomic mass is 31.2. The van der Waals surface area contributed by atoms with Crippen LogP contribution in [0.1, 0.15) is 0 Å². The lowest BCUT2D eigenvalue weighted by Crippen LogP contribution is -2.36. The summed E-state index contributed by atoms with van der Waals surface area (Å²) in [6.07, 6.45) is -0.976. The minimum absolute atomic E-state index is 0.0574. The molecular formula is C9H24N3O8P3. The smallest absolute Gasteiger partial charge is 0.339 e. The van der Waals surface area contributed by atoms with Crippen LogP contribution >= 0.6 is 23.2 Å². The third-order valence-corrected chi connectivity index (χ3v) is 5.58. The molecule has 138 valence electrons. The lowest BCUT2D eigenvalue weighted by atomic mass is 10.5. The highest BCUT2D eigenvalue weighted by molar-refractivity contribution is 7.51. The Morgan fingerprint density at radius 2 is 1.04 bits per heavy atom. The highest BCUT2D eigenvalue weighted by Crippen LogP contribution is 2.36. The average molecular weight is 395 g/mol. The average Bonchev–Trinajstić information content (AvgIpc) is 2.40. The molecule has 0 radical (unpaired) electrons. The molecule has 23 heavy (non-hydrogen) atoms. The second kappa shape index (κ2) is 9.17. The molecule has 1 unspecified atom stereocenters. The van der Waals surface area contributed by atoms with E-state index in [0.29, 0.717) is 26.2 Å². The van der Waals surface area contributed by atoms with E-state index in [1.54, 1.807) is 4.90 Å². The Morgan fingerprint density at radius 3 is 1.30 bits per heavy atom. The van der Waals surface area contributed by atoms with Gasteiger partial charge in [0.1, 0.15) is 12.6 Å². The van der Waals surface area contributed by atoms with Gasteiger partial charge in [-0.15, -0.1) is 0 Å². The van der Waals surface area contributed by atoms with Crippen molar-refractivity contribution in [2.45, 2.75) is 0 Å². The van der Waals surface area contributed by atoms with Gasteiger partial charge in [-0.05, 0) is 0 Å². The van der Waals surface area contributed by atoms with Crippen LogP contribution in [-0.4, -0.2) is 97.3 Å². The molecule has 0 spiro atoms. The molecule has 0 aliphatic carbocycles. The molecule has 1 saturated heterocycles. The zero-order valence-corrected chi connectivity index (χ0v) is 15.3. The zero-order valence-electron chi connectivity index (χ0n) is 12.6. The predicted octanol–water partition coefficient (Wildman–Crippen LogP) is -1.40. The molecule has 14 heteroatoms. The van der Waals surface area contributed by atoms with Crippen molar-refractivity contribution < 1.29 is 38.2 Å². The Bertz CT molecular complexity index is 458. The summed E-state index contributed by atoms with van der Waals surface area (Å²) >= 11 is 0. The van der Waals surface area contributed by atoms with Crippen LogP contribution in [0.4, 0.5) is 0 Å². The second-order valence-electron chi connectivity index (χ2n) is 5.52. The molecule has 11 nitrogen and oxygen atoms in total. The fourth-order valence-electron chi connectivity index (χ4n) is 2.34. The van der Waals surface area contributed by atoms with E-state index in [2.05, 4.69) is 0 Å². The van der Waals surface area contributed by atoms with Crippen LogP contribution in [0, 0.1) is 0 Å².